The smallest absolute Gasteiger partial charge is 0.328 e. The van der Waals surface area contributed by atoms with Gasteiger partial charge in [-0.05, 0) is 81.8 Å². The lowest BCUT2D eigenvalue weighted by Crippen LogP contribution is -2.29. The first-order valence-electron chi connectivity index (χ1n) is 23.4. The summed E-state index contributed by atoms with van der Waals surface area (Å²) < 4.78 is 25.9. The first-order chi connectivity index (χ1) is 38.8. The van der Waals surface area contributed by atoms with Gasteiger partial charge in [-0.3, -0.25) is 4.79 Å². The van der Waals surface area contributed by atoms with Crippen molar-refractivity contribution in [3.05, 3.63) is 110 Å². The first kappa shape index (κ1) is 97.5. The molecule has 0 spiro atoms. The summed E-state index contributed by atoms with van der Waals surface area (Å²) >= 11 is 0. The topological polar surface area (TPSA) is 644 Å². The number of ether oxygens (including phenoxy) is 5. The van der Waals surface area contributed by atoms with Crippen LogP contribution in [-0.2, 0) is 71.6 Å². The molecule has 0 saturated heterocycles. The van der Waals surface area contributed by atoms with Gasteiger partial charge in [0.1, 0.15) is 23.3 Å². The number of carboxylic acids is 10. The van der Waals surface area contributed by atoms with E-state index in [0.29, 0.717) is 142 Å². The maximum absolute atomic E-state index is 10.1. The number of allylic oxidation sites excluding steroid dienone is 3. The van der Waals surface area contributed by atoms with Crippen LogP contribution in [0.25, 0.3) is 0 Å². The number of aliphatic carboxylic acids is 10. The van der Waals surface area contributed by atoms with Gasteiger partial charge in [0.2, 0.25) is 0 Å². The number of aliphatic hydroxyl groups excluding tert-OH is 3. The molecular weight excluding hydrogens is 1130 g/mol. The van der Waals surface area contributed by atoms with Gasteiger partial charge >= 0.3 is 41.8 Å². The minimum atomic E-state index is -1.51. The highest BCUT2D eigenvalue weighted by atomic mass is 16.5. The van der Waals surface area contributed by atoms with E-state index in [4.69, 9.17) is 109 Å². The molecule has 34 heteroatoms. The number of carbonyl (C=O) groups excluding carboxylic acids is 3. The standard InChI is InChI=1S/C10H24N2O3.C6H16N2O2.C6H14N2O2.3C5H6O3.3C4H4O4.CH4/c11-3-1-5-13-7-9-15-10-8-14-6-2-4-12;7-1-3-9-5-6-10-4-2-8;7-4-2-1-3-5(8)6(9)10;3*1-4(6)2-3-5(7)8;3*5-3(6)1-2-4(7)8;/h1-12H2;1-8H2;5H,1-4,7-8H2,(H,9,10);3*2-3,6H,1H2,(H,7,8);3*1-2H,(H,5,6)(H,7,8);1H4/p-3/b;;;3*3-2-;3*2-1-;/t;;5-;;;;;;;/m..0......./s1. The number of unbranched alkanes of at least 4 members (excludes halogenated alkanes) is 1. The molecule has 0 aliphatic rings. The minimum Gasteiger partial charge on any atom is -0.545 e. The summed E-state index contributed by atoms with van der Waals surface area (Å²) in [5.41, 5.74) is 31.4. The Labute approximate surface area is 485 Å². The number of hydrogen-bond acceptors (Lipinski definition) is 27. The van der Waals surface area contributed by atoms with Crippen molar-refractivity contribution in [1.29, 1.82) is 0 Å². The maximum atomic E-state index is 10.1. The van der Waals surface area contributed by atoms with E-state index in [1.165, 1.54) is 0 Å². The number of aliphatic hydroxyl groups is 3. The quantitative estimate of drug-likeness (QED) is 0.0123. The predicted octanol–water partition coefficient (Wildman–Crippen LogP) is -3.94. The first-order valence-corrected chi connectivity index (χ1v) is 23.4. The molecule has 22 N–H and O–H groups in total. The molecule has 0 rings (SSSR count). The number of hydrogen-bond donors (Lipinski definition) is 16. The third-order valence-electron chi connectivity index (χ3n) is 6.25. The van der Waals surface area contributed by atoms with Gasteiger partial charge in [-0.2, -0.15) is 0 Å². The molecule has 0 unspecified atom stereocenters. The fourth-order valence-electron chi connectivity index (χ4n) is 2.95. The van der Waals surface area contributed by atoms with E-state index in [1.54, 1.807) is 0 Å². The summed E-state index contributed by atoms with van der Waals surface area (Å²) in [7, 11) is 0. The van der Waals surface area contributed by atoms with E-state index in [-0.39, 0.29) is 24.7 Å². The van der Waals surface area contributed by atoms with Gasteiger partial charge in [0.05, 0.1) is 70.8 Å². The van der Waals surface area contributed by atoms with Gasteiger partial charge in [-0.1, -0.05) is 33.6 Å². The van der Waals surface area contributed by atoms with Crippen LogP contribution < -0.4 is 49.7 Å². The van der Waals surface area contributed by atoms with E-state index >= 15 is 0 Å². The SMILES string of the molecule is C.C=C(O)/C=C\C(=O)O.C=C(O)/C=C\C(=O)O.C=C(O)/C=C\C(=O)O.NCCCC[C@H](N)C(=O)O.NCCCOCCOCCOCCCN.NCCOCCOCCN.O=C([O-])/C=C\C(=O)O.O=C([O-])/C=C\C(=O)O.O=C([O-])/C=C\C(=O)O. The molecule has 34 nitrogen and oxygen atoms in total. The maximum Gasteiger partial charge on any atom is 0.328 e. The van der Waals surface area contributed by atoms with E-state index < -0.39 is 65.7 Å². The summed E-state index contributed by atoms with van der Waals surface area (Å²) in [6.07, 6.45) is 12.2. The second-order valence-corrected chi connectivity index (χ2v) is 13.6. The minimum absolute atomic E-state index is 0. The van der Waals surface area contributed by atoms with E-state index in [9.17, 15) is 63.3 Å². The Bertz CT molecular complexity index is 1580. The van der Waals surface area contributed by atoms with E-state index in [2.05, 4.69) is 19.7 Å². The van der Waals surface area contributed by atoms with Crippen LogP contribution in [0, 0.1) is 0 Å². The average Bonchev–Trinajstić information content (AvgIpc) is 3.39. The van der Waals surface area contributed by atoms with Gasteiger partial charge < -0.3 is 139 Å². The molecule has 0 aliphatic heterocycles. The number of rotatable bonds is 36. The molecule has 0 radical (unpaired) electrons. The van der Waals surface area contributed by atoms with Crippen molar-refractivity contribution in [2.45, 2.75) is 45.6 Å². The Morgan fingerprint density at radius 3 is 0.702 bits per heavy atom. The van der Waals surface area contributed by atoms with E-state index in [0.717, 1.165) is 62.1 Å². The van der Waals surface area contributed by atoms with Gasteiger partial charge in [0.25, 0.3) is 0 Å². The van der Waals surface area contributed by atoms with Crippen LogP contribution in [0.5, 0.6) is 0 Å². The van der Waals surface area contributed by atoms with Crippen LogP contribution >= 0.6 is 0 Å². The van der Waals surface area contributed by atoms with Crippen LogP contribution in [-0.4, -0.2) is 216 Å². The molecule has 1 atom stereocenters. The highest BCUT2D eigenvalue weighted by Crippen LogP contribution is 1.97. The van der Waals surface area contributed by atoms with Crippen molar-refractivity contribution in [2.75, 3.05) is 98.8 Å². The summed E-state index contributed by atoms with van der Waals surface area (Å²) in [5, 5.41) is 109. The molecule has 0 bridgehead atoms. The van der Waals surface area contributed by atoms with E-state index in [1.807, 2.05) is 0 Å². The molecule has 0 heterocycles. The monoisotopic (exact) mass is 1220 g/mol. The van der Waals surface area contributed by atoms with Crippen molar-refractivity contribution < 1.29 is 138 Å². The Hall–Kier alpha value is -8.68. The number of nitrogens with two attached hydrogens (primary N) is 6. The van der Waals surface area contributed by atoms with Crippen molar-refractivity contribution in [1.82, 2.24) is 0 Å². The fourth-order valence-corrected chi connectivity index (χ4v) is 2.95. The van der Waals surface area contributed by atoms with Crippen LogP contribution in [0.3, 0.4) is 0 Å². The second kappa shape index (κ2) is 80.8. The lowest BCUT2D eigenvalue weighted by Gasteiger charge is -2.06. The molecule has 486 valence electrons. The van der Waals surface area contributed by atoms with Crippen LogP contribution in [0.4, 0.5) is 0 Å². The third kappa shape index (κ3) is 158. The zero-order chi connectivity index (χ0) is 66.2. The normalized spacial score (nSPS) is 10.1. The van der Waals surface area contributed by atoms with Gasteiger partial charge in [0, 0.05) is 62.8 Å². The molecule has 0 fully saturated rings. The highest BCUT2D eigenvalue weighted by Gasteiger charge is 2.09. The number of carbonyl (C=O) groups is 10. The molecule has 0 aromatic rings. The largest absolute Gasteiger partial charge is 0.545 e. The molecule has 0 aliphatic carbocycles. The summed E-state index contributed by atoms with van der Waals surface area (Å²) in [6.45, 7) is 18.5. The number of carboxylic acid groups (broad SMARTS) is 10. The van der Waals surface area contributed by atoms with Gasteiger partial charge in [-0.25, -0.2) is 28.8 Å². The lowest BCUT2D eigenvalue weighted by atomic mass is 10.1. The Morgan fingerprint density at radius 2 is 0.548 bits per heavy atom. The molecule has 0 saturated carbocycles. The molecule has 0 aromatic carbocycles. The van der Waals surface area contributed by atoms with Crippen LogP contribution in [0.2, 0.25) is 0 Å². The Balaban J connectivity index is -0.0000000924. The summed E-state index contributed by atoms with van der Waals surface area (Å²) in [5.74, 6) is -13.4. The fraction of sp³-hybridized carbons (Fsp3) is 0.440. The highest BCUT2D eigenvalue weighted by molar-refractivity contribution is 5.90. The average molecular weight is 1220 g/mol. The zero-order valence-corrected chi connectivity index (χ0v) is 45.6. The zero-order valence-electron chi connectivity index (χ0n) is 45.6. The Morgan fingerprint density at radius 1 is 0.333 bits per heavy atom. The molecule has 0 aromatic heterocycles. The van der Waals surface area contributed by atoms with Crippen molar-refractivity contribution >= 4 is 59.7 Å². The van der Waals surface area contributed by atoms with Crippen molar-refractivity contribution in [2.24, 2.45) is 34.4 Å². The Kier molecular flexibility index (Phi) is 93.8. The molecule has 84 heavy (non-hydrogen) atoms. The van der Waals surface area contributed by atoms with Gasteiger partial charge in [-0.15, -0.1) is 0 Å². The van der Waals surface area contributed by atoms with Crippen molar-refractivity contribution in [3.63, 3.8) is 0 Å². The summed E-state index contributed by atoms with van der Waals surface area (Å²) in [6, 6.07) is -0.716. The lowest BCUT2D eigenvalue weighted by molar-refractivity contribution is -0.298. The van der Waals surface area contributed by atoms with Gasteiger partial charge in [0.15, 0.2) is 0 Å². The van der Waals surface area contributed by atoms with Crippen LogP contribution in [0.1, 0.15) is 39.5 Å². The third-order valence-corrected chi connectivity index (χ3v) is 6.25. The molecule has 0 amide bonds. The second-order valence-electron chi connectivity index (χ2n) is 13.6. The summed E-state index contributed by atoms with van der Waals surface area (Å²) in [4.78, 5) is 96.0. The van der Waals surface area contributed by atoms with Crippen molar-refractivity contribution in [3.8, 4) is 0 Å². The molecular formula is C50H85N6O28-3. The van der Waals surface area contributed by atoms with Crippen LogP contribution in [0.15, 0.2) is 110 Å². The predicted molar refractivity (Wildman–Crippen MR) is 296 cm³/mol.